The summed E-state index contributed by atoms with van der Waals surface area (Å²) in [6.45, 7) is 1.97. The van der Waals surface area contributed by atoms with E-state index in [1.165, 1.54) is 10.4 Å². The number of fused-ring (bicyclic) bond motifs is 1. The van der Waals surface area contributed by atoms with Gasteiger partial charge in [0.05, 0.1) is 12.8 Å². The third-order valence-corrected chi connectivity index (χ3v) is 5.82. The molecular formula is C18H21N3O2S. The maximum Gasteiger partial charge on any atom is 0.229 e. The summed E-state index contributed by atoms with van der Waals surface area (Å²) in [5.41, 5.74) is 2.35. The molecule has 2 aliphatic rings. The van der Waals surface area contributed by atoms with Gasteiger partial charge in [-0.3, -0.25) is 4.79 Å². The van der Waals surface area contributed by atoms with Crippen molar-refractivity contribution in [1.82, 2.24) is 9.88 Å². The number of anilines is 1. The van der Waals surface area contributed by atoms with Gasteiger partial charge in [-0.05, 0) is 37.1 Å². The summed E-state index contributed by atoms with van der Waals surface area (Å²) in [4.78, 5) is 20.6. The van der Waals surface area contributed by atoms with Crippen LogP contribution in [0.1, 0.15) is 28.5 Å². The quantitative estimate of drug-likeness (QED) is 0.927. The molecule has 6 heteroatoms. The SMILES string of the molecule is COc1ccc(C2CC2C(=O)Nc2nc3c(s2)CN(C)CC3)cc1. The van der Waals surface area contributed by atoms with E-state index in [-0.39, 0.29) is 11.8 Å². The van der Waals surface area contributed by atoms with Crippen LogP contribution in [-0.4, -0.2) is 36.5 Å². The van der Waals surface area contributed by atoms with Crippen molar-refractivity contribution in [3.05, 3.63) is 40.4 Å². The molecule has 4 rings (SSSR count). The minimum absolute atomic E-state index is 0.0574. The standard InChI is InChI=1S/C18H21N3O2S/c1-21-8-7-15-16(10-21)24-18(19-15)20-17(22)14-9-13(14)11-3-5-12(23-2)6-4-11/h3-6,13-14H,7-10H2,1-2H3,(H,19,20,22). The molecule has 1 fully saturated rings. The third kappa shape index (κ3) is 3.03. The van der Waals surface area contributed by atoms with E-state index in [9.17, 15) is 4.79 Å². The Labute approximate surface area is 145 Å². The molecule has 2 atom stereocenters. The molecule has 1 aliphatic carbocycles. The first kappa shape index (κ1) is 15.6. The monoisotopic (exact) mass is 343 g/mol. The van der Waals surface area contributed by atoms with Gasteiger partial charge >= 0.3 is 0 Å². The van der Waals surface area contributed by atoms with Gasteiger partial charge < -0.3 is 15.0 Å². The van der Waals surface area contributed by atoms with Gasteiger partial charge in [-0.2, -0.15) is 0 Å². The van der Waals surface area contributed by atoms with E-state index < -0.39 is 0 Å². The van der Waals surface area contributed by atoms with Crippen LogP contribution in [0.5, 0.6) is 5.75 Å². The van der Waals surface area contributed by atoms with E-state index >= 15 is 0 Å². The zero-order chi connectivity index (χ0) is 16.7. The molecule has 1 N–H and O–H groups in total. The molecule has 1 aliphatic heterocycles. The average Bonchev–Trinajstić information content (AvgIpc) is 3.29. The predicted octanol–water partition coefficient (Wildman–Crippen LogP) is 2.88. The smallest absolute Gasteiger partial charge is 0.229 e. The van der Waals surface area contributed by atoms with Crippen molar-refractivity contribution in [2.45, 2.75) is 25.3 Å². The molecule has 0 radical (unpaired) electrons. The average molecular weight is 343 g/mol. The van der Waals surface area contributed by atoms with Crippen LogP contribution >= 0.6 is 11.3 Å². The van der Waals surface area contributed by atoms with E-state index in [4.69, 9.17) is 4.74 Å². The largest absolute Gasteiger partial charge is 0.497 e. The Balaban J connectivity index is 1.39. The molecule has 0 saturated heterocycles. The van der Waals surface area contributed by atoms with Gasteiger partial charge in [0.15, 0.2) is 5.13 Å². The number of methoxy groups -OCH3 is 1. The topological polar surface area (TPSA) is 54.5 Å². The predicted molar refractivity (Wildman–Crippen MR) is 94.6 cm³/mol. The fourth-order valence-corrected chi connectivity index (χ4v) is 4.37. The number of hydrogen-bond acceptors (Lipinski definition) is 5. The first-order chi connectivity index (χ1) is 11.6. The number of amides is 1. The summed E-state index contributed by atoms with van der Waals surface area (Å²) in [6.07, 6.45) is 1.88. The molecule has 2 unspecified atom stereocenters. The molecule has 24 heavy (non-hydrogen) atoms. The highest BCUT2D eigenvalue weighted by Crippen LogP contribution is 2.48. The Bertz CT molecular complexity index is 756. The Morgan fingerprint density at radius 3 is 2.92 bits per heavy atom. The van der Waals surface area contributed by atoms with Gasteiger partial charge in [0, 0.05) is 30.3 Å². The maximum atomic E-state index is 12.5. The van der Waals surface area contributed by atoms with Gasteiger partial charge in [0.25, 0.3) is 0 Å². The fraction of sp³-hybridized carbons (Fsp3) is 0.444. The van der Waals surface area contributed by atoms with Crippen molar-refractivity contribution < 1.29 is 9.53 Å². The zero-order valence-electron chi connectivity index (χ0n) is 13.9. The summed E-state index contributed by atoms with van der Waals surface area (Å²) in [5, 5.41) is 3.77. The molecule has 5 nitrogen and oxygen atoms in total. The van der Waals surface area contributed by atoms with Crippen LogP contribution in [0.3, 0.4) is 0 Å². The fourth-order valence-electron chi connectivity index (χ4n) is 3.28. The van der Waals surface area contributed by atoms with Crippen molar-refractivity contribution in [3.63, 3.8) is 0 Å². The number of carbonyl (C=O) groups excluding carboxylic acids is 1. The van der Waals surface area contributed by atoms with Crippen LogP contribution < -0.4 is 10.1 Å². The second kappa shape index (κ2) is 6.18. The third-order valence-electron chi connectivity index (χ3n) is 4.82. The van der Waals surface area contributed by atoms with Crippen LogP contribution in [0.2, 0.25) is 0 Å². The zero-order valence-corrected chi connectivity index (χ0v) is 14.7. The molecular weight excluding hydrogens is 322 g/mol. The van der Waals surface area contributed by atoms with E-state index in [1.54, 1.807) is 18.4 Å². The minimum Gasteiger partial charge on any atom is -0.497 e. The van der Waals surface area contributed by atoms with E-state index in [2.05, 4.69) is 34.4 Å². The van der Waals surface area contributed by atoms with Crippen molar-refractivity contribution in [3.8, 4) is 5.75 Å². The number of thiazole rings is 1. The number of rotatable bonds is 4. The second-order valence-corrected chi connectivity index (χ2v) is 7.67. The molecule has 1 aromatic heterocycles. The highest BCUT2D eigenvalue weighted by atomic mass is 32.1. The second-order valence-electron chi connectivity index (χ2n) is 6.59. The number of ether oxygens (including phenoxy) is 1. The molecule has 0 spiro atoms. The minimum atomic E-state index is 0.0574. The van der Waals surface area contributed by atoms with Crippen LogP contribution in [0.25, 0.3) is 0 Å². The van der Waals surface area contributed by atoms with E-state index in [0.29, 0.717) is 5.92 Å². The molecule has 1 aromatic carbocycles. The van der Waals surface area contributed by atoms with Gasteiger partial charge in [-0.1, -0.05) is 12.1 Å². The number of carbonyl (C=O) groups is 1. The lowest BCUT2D eigenvalue weighted by atomic mass is 10.1. The van der Waals surface area contributed by atoms with Crippen molar-refractivity contribution in [2.75, 3.05) is 26.0 Å². The number of likely N-dealkylation sites (N-methyl/N-ethyl adjacent to an activating group) is 1. The summed E-state index contributed by atoms with van der Waals surface area (Å²) in [7, 11) is 3.78. The maximum absolute atomic E-state index is 12.5. The number of benzene rings is 1. The molecule has 2 aromatic rings. The summed E-state index contributed by atoms with van der Waals surface area (Å²) in [5.74, 6) is 1.31. The summed E-state index contributed by atoms with van der Waals surface area (Å²) < 4.78 is 5.18. The molecule has 1 amide bonds. The number of hydrogen-bond donors (Lipinski definition) is 1. The number of nitrogens with zero attached hydrogens (tertiary/aromatic N) is 2. The lowest BCUT2D eigenvalue weighted by Gasteiger charge is -2.20. The molecule has 126 valence electrons. The lowest BCUT2D eigenvalue weighted by molar-refractivity contribution is -0.117. The highest BCUT2D eigenvalue weighted by Gasteiger charge is 2.44. The summed E-state index contributed by atoms with van der Waals surface area (Å²) >= 11 is 1.61. The van der Waals surface area contributed by atoms with Crippen molar-refractivity contribution in [1.29, 1.82) is 0 Å². The van der Waals surface area contributed by atoms with Crippen molar-refractivity contribution in [2.24, 2.45) is 5.92 Å². The Hall–Kier alpha value is -1.92. The number of nitrogens with one attached hydrogen (secondary N) is 1. The van der Waals surface area contributed by atoms with E-state index in [1.807, 2.05) is 12.1 Å². The molecule has 0 bridgehead atoms. The molecule has 2 heterocycles. The molecule has 1 saturated carbocycles. The van der Waals surface area contributed by atoms with Gasteiger partial charge in [0.1, 0.15) is 5.75 Å². The van der Waals surface area contributed by atoms with E-state index in [0.717, 1.165) is 42.5 Å². The first-order valence-corrected chi connectivity index (χ1v) is 9.07. The van der Waals surface area contributed by atoms with Crippen LogP contribution in [0.4, 0.5) is 5.13 Å². The normalized spacial score (nSPS) is 22.8. The summed E-state index contributed by atoms with van der Waals surface area (Å²) in [6, 6.07) is 8.01. The Morgan fingerprint density at radius 1 is 1.38 bits per heavy atom. The van der Waals surface area contributed by atoms with Gasteiger partial charge in [0.2, 0.25) is 5.91 Å². The van der Waals surface area contributed by atoms with Crippen LogP contribution in [-0.2, 0) is 17.8 Å². The van der Waals surface area contributed by atoms with Gasteiger partial charge in [-0.25, -0.2) is 4.98 Å². The van der Waals surface area contributed by atoms with Crippen LogP contribution in [0, 0.1) is 5.92 Å². The van der Waals surface area contributed by atoms with Crippen molar-refractivity contribution >= 4 is 22.4 Å². The van der Waals surface area contributed by atoms with Crippen LogP contribution in [0.15, 0.2) is 24.3 Å². The lowest BCUT2D eigenvalue weighted by Crippen LogP contribution is -2.25. The highest BCUT2D eigenvalue weighted by molar-refractivity contribution is 7.15. The Morgan fingerprint density at radius 2 is 2.17 bits per heavy atom. The Kier molecular flexibility index (Phi) is 4.02. The first-order valence-electron chi connectivity index (χ1n) is 8.26. The number of aromatic nitrogens is 1. The van der Waals surface area contributed by atoms with Gasteiger partial charge in [-0.15, -0.1) is 11.3 Å².